The Kier molecular flexibility index (Phi) is 7.04. The van der Waals surface area contributed by atoms with Crippen molar-refractivity contribution in [3.63, 3.8) is 0 Å². The predicted molar refractivity (Wildman–Crippen MR) is 139 cm³/mol. The molecular weight excluding hydrogens is 538 g/mol. The van der Waals surface area contributed by atoms with Crippen molar-refractivity contribution in [2.75, 3.05) is 0 Å². The lowest BCUT2D eigenvalue weighted by Gasteiger charge is -2.14. The topological polar surface area (TPSA) is 113 Å². The molecule has 0 aliphatic rings. The first kappa shape index (κ1) is 24.3. The molecule has 3 aromatic carbocycles. The lowest BCUT2D eigenvalue weighted by Crippen LogP contribution is -2.12. The van der Waals surface area contributed by atoms with Gasteiger partial charge in [0.05, 0.1) is 10.0 Å². The van der Waals surface area contributed by atoms with Crippen LogP contribution in [-0.4, -0.2) is 36.1 Å². The largest absolute Gasteiger partial charge is 0.455 e. The third-order valence-electron chi connectivity index (χ3n) is 5.65. The zero-order valence-corrected chi connectivity index (χ0v) is 21.9. The summed E-state index contributed by atoms with van der Waals surface area (Å²) in [5.41, 5.74) is 4.11. The molecule has 0 aliphatic heterocycles. The SMILES string of the molecule is Cc1cccc(Oc2c(Br)cccc2-c2nnc(CO/N=C(/c3ccccc3)c3nnnn3C)o2)c1C. The summed E-state index contributed by atoms with van der Waals surface area (Å²) >= 11 is 3.58. The zero-order chi connectivity index (χ0) is 25.8. The van der Waals surface area contributed by atoms with Crippen LogP contribution in [-0.2, 0) is 18.5 Å². The van der Waals surface area contributed by atoms with Gasteiger partial charge in [0.2, 0.25) is 5.82 Å². The molecule has 0 spiro atoms. The number of rotatable bonds is 8. The van der Waals surface area contributed by atoms with E-state index in [1.807, 2.05) is 80.6 Å². The molecule has 0 saturated carbocycles. The summed E-state index contributed by atoms with van der Waals surface area (Å²) in [5, 5.41) is 24.2. The van der Waals surface area contributed by atoms with Crippen molar-refractivity contribution in [2.45, 2.75) is 20.5 Å². The van der Waals surface area contributed by atoms with E-state index >= 15 is 0 Å². The number of nitrogens with zero attached hydrogens (tertiary/aromatic N) is 7. The first-order valence-electron chi connectivity index (χ1n) is 11.3. The minimum Gasteiger partial charge on any atom is -0.455 e. The number of hydrogen-bond acceptors (Lipinski definition) is 9. The quantitative estimate of drug-likeness (QED) is 0.183. The number of para-hydroxylation sites is 1. The molecule has 0 fully saturated rings. The van der Waals surface area contributed by atoms with Crippen molar-refractivity contribution >= 4 is 21.6 Å². The summed E-state index contributed by atoms with van der Waals surface area (Å²) in [4.78, 5) is 5.59. The van der Waals surface area contributed by atoms with E-state index in [1.165, 1.54) is 4.68 Å². The Balaban J connectivity index is 1.38. The van der Waals surface area contributed by atoms with E-state index in [9.17, 15) is 0 Å². The predicted octanol–water partition coefficient (Wildman–Crippen LogP) is 5.40. The van der Waals surface area contributed by atoms with Crippen molar-refractivity contribution in [1.29, 1.82) is 0 Å². The maximum atomic E-state index is 6.28. The van der Waals surface area contributed by atoms with Gasteiger partial charge < -0.3 is 14.0 Å². The molecule has 37 heavy (non-hydrogen) atoms. The summed E-state index contributed by atoms with van der Waals surface area (Å²) in [7, 11) is 1.73. The lowest BCUT2D eigenvalue weighted by molar-refractivity contribution is 0.111. The second-order valence-corrected chi connectivity index (χ2v) is 8.98. The molecule has 0 N–H and O–H groups in total. The summed E-state index contributed by atoms with van der Waals surface area (Å²) in [6.45, 7) is 4.01. The smallest absolute Gasteiger partial charge is 0.257 e. The molecule has 11 heteroatoms. The second-order valence-electron chi connectivity index (χ2n) is 8.12. The van der Waals surface area contributed by atoms with E-state index in [2.05, 4.69) is 46.8 Å². The van der Waals surface area contributed by atoms with Crippen LogP contribution in [0, 0.1) is 13.8 Å². The van der Waals surface area contributed by atoms with Gasteiger partial charge in [0, 0.05) is 12.6 Å². The summed E-state index contributed by atoms with van der Waals surface area (Å²) < 4.78 is 14.5. The van der Waals surface area contributed by atoms with Crippen molar-refractivity contribution in [3.05, 3.63) is 99.6 Å². The summed E-state index contributed by atoms with van der Waals surface area (Å²) in [6, 6.07) is 21.0. The van der Waals surface area contributed by atoms with Crippen LogP contribution in [0.2, 0.25) is 0 Å². The van der Waals surface area contributed by atoms with Crippen LogP contribution in [0.25, 0.3) is 11.5 Å². The monoisotopic (exact) mass is 559 g/mol. The Labute approximate surface area is 221 Å². The highest BCUT2D eigenvalue weighted by Gasteiger charge is 2.19. The fourth-order valence-electron chi connectivity index (χ4n) is 3.55. The van der Waals surface area contributed by atoms with Gasteiger partial charge in [0.25, 0.3) is 11.8 Å². The Morgan fingerprint density at radius 3 is 2.57 bits per heavy atom. The van der Waals surface area contributed by atoms with Gasteiger partial charge in [0.1, 0.15) is 5.75 Å². The van der Waals surface area contributed by atoms with Gasteiger partial charge in [-0.15, -0.1) is 15.3 Å². The van der Waals surface area contributed by atoms with Gasteiger partial charge >= 0.3 is 0 Å². The van der Waals surface area contributed by atoms with Crippen LogP contribution < -0.4 is 4.74 Å². The highest BCUT2D eigenvalue weighted by Crippen LogP contribution is 2.39. The number of aryl methyl sites for hydroxylation is 2. The molecule has 0 unspecified atom stereocenters. The molecule has 0 radical (unpaired) electrons. The summed E-state index contributed by atoms with van der Waals surface area (Å²) in [6.07, 6.45) is 0. The standard InChI is InChI=1S/C26H22BrN7O3/c1-16-9-7-14-21(17(16)2)36-24-19(12-8-13-20(24)27)26-30-28-22(37-26)15-35-31-23(18-10-5-4-6-11-18)25-29-32-33-34(25)3/h4-14H,15H2,1-3H3/b31-23-. The average Bonchev–Trinajstić information content (AvgIpc) is 3.55. The molecule has 0 amide bonds. The molecule has 186 valence electrons. The van der Waals surface area contributed by atoms with Gasteiger partial charge in [0.15, 0.2) is 18.1 Å². The van der Waals surface area contributed by atoms with Crippen molar-refractivity contribution < 1.29 is 14.0 Å². The fraction of sp³-hybridized carbons (Fsp3) is 0.154. The van der Waals surface area contributed by atoms with Gasteiger partial charge in [-0.05, 0) is 69.5 Å². The Morgan fingerprint density at radius 1 is 0.973 bits per heavy atom. The number of benzene rings is 3. The molecular formula is C26H22BrN7O3. The van der Waals surface area contributed by atoms with Gasteiger partial charge in [-0.2, -0.15) is 0 Å². The highest BCUT2D eigenvalue weighted by atomic mass is 79.9. The van der Waals surface area contributed by atoms with Crippen molar-refractivity contribution in [3.8, 4) is 23.0 Å². The first-order valence-corrected chi connectivity index (χ1v) is 12.1. The second kappa shape index (κ2) is 10.7. The average molecular weight is 560 g/mol. The van der Waals surface area contributed by atoms with Gasteiger partial charge in [-0.3, -0.25) is 0 Å². The molecule has 10 nitrogen and oxygen atoms in total. The van der Waals surface area contributed by atoms with Crippen LogP contribution in [0.5, 0.6) is 11.5 Å². The molecule has 0 aliphatic carbocycles. The fourth-order valence-corrected chi connectivity index (χ4v) is 3.99. The van der Waals surface area contributed by atoms with Crippen molar-refractivity contribution in [1.82, 2.24) is 30.4 Å². The van der Waals surface area contributed by atoms with Crippen LogP contribution in [0.3, 0.4) is 0 Å². The Hall–Kier alpha value is -4.38. The molecule has 0 bridgehead atoms. The number of tetrazole rings is 1. The number of aromatic nitrogens is 6. The number of halogens is 1. The van der Waals surface area contributed by atoms with Crippen LogP contribution in [0.1, 0.15) is 28.4 Å². The normalized spacial score (nSPS) is 11.5. The summed E-state index contributed by atoms with van der Waals surface area (Å²) in [5.74, 6) is 2.33. The number of oxime groups is 1. The maximum absolute atomic E-state index is 6.28. The van der Waals surface area contributed by atoms with Crippen LogP contribution in [0.4, 0.5) is 0 Å². The minimum atomic E-state index is -0.0458. The molecule has 5 aromatic rings. The first-order chi connectivity index (χ1) is 18.0. The van der Waals surface area contributed by atoms with E-state index in [0.717, 1.165) is 26.9 Å². The van der Waals surface area contributed by atoms with Gasteiger partial charge in [-0.1, -0.05) is 53.7 Å². The van der Waals surface area contributed by atoms with Crippen LogP contribution >= 0.6 is 15.9 Å². The van der Waals surface area contributed by atoms with Crippen LogP contribution in [0.15, 0.2) is 80.8 Å². The van der Waals surface area contributed by atoms with E-state index in [4.69, 9.17) is 14.0 Å². The Bertz CT molecular complexity index is 1560. The molecule has 5 rings (SSSR count). The van der Waals surface area contributed by atoms with E-state index in [1.54, 1.807) is 7.05 Å². The zero-order valence-electron chi connectivity index (χ0n) is 20.3. The molecule has 2 aromatic heterocycles. The Morgan fingerprint density at radius 2 is 1.78 bits per heavy atom. The lowest BCUT2D eigenvalue weighted by atomic mass is 10.1. The highest BCUT2D eigenvalue weighted by molar-refractivity contribution is 9.10. The van der Waals surface area contributed by atoms with Crippen molar-refractivity contribution in [2.24, 2.45) is 12.2 Å². The van der Waals surface area contributed by atoms with E-state index in [0.29, 0.717) is 28.7 Å². The molecule has 0 atom stereocenters. The third kappa shape index (κ3) is 5.26. The number of hydrogen-bond donors (Lipinski definition) is 0. The molecule has 2 heterocycles. The van der Waals surface area contributed by atoms with Gasteiger partial charge in [-0.25, -0.2) is 4.68 Å². The molecule has 0 saturated heterocycles. The number of ether oxygens (including phenoxy) is 1. The van der Waals surface area contributed by atoms with E-state index < -0.39 is 0 Å². The minimum absolute atomic E-state index is 0.0458. The third-order valence-corrected chi connectivity index (χ3v) is 6.28. The maximum Gasteiger partial charge on any atom is 0.257 e. The van der Waals surface area contributed by atoms with E-state index in [-0.39, 0.29) is 12.5 Å².